The first kappa shape index (κ1) is 11.1. The Labute approximate surface area is 95.5 Å². The van der Waals surface area contributed by atoms with Gasteiger partial charge in [-0.05, 0) is 32.4 Å². The van der Waals surface area contributed by atoms with Gasteiger partial charge in [0.2, 0.25) is 0 Å². The predicted octanol–water partition coefficient (Wildman–Crippen LogP) is 0.783. The van der Waals surface area contributed by atoms with Gasteiger partial charge in [-0.15, -0.1) is 0 Å². The quantitative estimate of drug-likeness (QED) is 0.804. The van der Waals surface area contributed by atoms with Gasteiger partial charge in [-0.3, -0.25) is 4.57 Å². The number of imidazole rings is 1. The smallest absolute Gasteiger partial charge is 0.326 e. The summed E-state index contributed by atoms with van der Waals surface area (Å²) in [4.78, 5) is 17.8. The molecule has 5 nitrogen and oxygen atoms in total. The summed E-state index contributed by atoms with van der Waals surface area (Å²) in [5.41, 5.74) is 0. The molecule has 2 rings (SSSR count). The zero-order valence-corrected chi connectivity index (χ0v) is 9.59. The maximum absolute atomic E-state index is 11.6. The number of nitrogens with zero attached hydrogens (tertiary/aromatic N) is 3. The van der Waals surface area contributed by atoms with Crippen molar-refractivity contribution in [3.05, 3.63) is 18.7 Å². The molecule has 0 aromatic carbocycles. The molecule has 1 aliphatic rings. The van der Waals surface area contributed by atoms with Crippen LogP contribution in [0.15, 0.2) is 18.7 Å². The summed E-state index contributed by atoms with van der Waals surface area (Å²) in [5, 5.41) is 2.93. The van der Waals surface area contributed by atoms with Gasteiger partial charge < -0.3 is 10.2 Å². The monoisotopic (exact) mass is 222 g/mol. The summed E-state index contributed by atoms with van der Waals surface area (Å²) in [6.45, 7) is 3.00. The van der Waals surface area contributed by atoms with E-state index in [2.05, 4.69) is 22.2 Å². The topological polar surface area (TPSA) is 50.2 Å². The van der Waals surface area contributed by atoms with Gasteiger partial charge in [-0.1, -0.05) is 0 Å². The van der Waals surface area contributed by atoms with Crippen LogP contribution in [0.3, 0.4) is 0 Å². The molecule has 1 aromatic rings. The lowest BCUT2D eigenvalue weighted by molar-refractivity contribution is 0.202. The molecular formula is C11H18N4O. The minimum atomic E-state index is -0.0919. The van der Waals surface area contributed by atoms with Gasteiger partial charge in [0.1, 0.15) is 6.33 Å². The molecule has 88 valence electrons. The Balaban J connectivity index is 1.77. The van der Waals surface area contributed by atoms with E-state index in [9.17, 15) is 4.79 Å². The van der Waals surface area contributed by atoms with Crippen LogP contribution < -0.4 is 5.32 Å². The molecule has 1 unspecified atom stereocenters. The van der Waals surface area contributed by atoms with Crippen molar-refractivity contribution >= 4 is 6.03 Å². The molecule has 5 heteroatoms. The highest BCUT2D eigenvalue weighted by atomic mass is 16.2. The van der Waals surface area contributed by atoms with Gasteiger partial charge in [-0.2, -0.15) is 0 Å². The average molecular weight is 222 g/mol. The molecule has 1 atom stereocenters. The molecule has 1 fully saturated rings. The van der Waals surface area contributed by atoms with Crippen molar-refractivity contribution in [2.75, 3.05) is 26.7 Å². The van der Waals surface area contributed by atoms with Crippen molar-refractivity contribution in [1.29, 1.82) is 0 Å². The van der Waals surface area contributed by atoms with Crippen LogP contribution in [-0.2, 0) is 0 Å². The van der Waals surface area contributed by atoms with Crippen LogP contribution in [0.2, 0.25) is 0 Å². The summed E-state index contributed by atoms with van der Waals surface area (Å²) in [5.74, 6) is 0.575. The van der Waals surface area contributed by atoms with Crippen molar-refractivity contribution in [3.63, 3.8) is 0 Å². The average Bonchev–Trinajstić information content (AvgIpc) is 2.79. The molecule has 1 aromatic heterocycles. The van der Waals surface area contributed by atoms with E-state index in [0.29, 0.717) is 5.92 Å². The number of amides is 1. The molecule has 1 aliphatic heterocycles. The number of rotatable bonds is 2. The number of carbonyl (C=O) groups is 1. The highest BCUT2D eigenvalue weighted by molar-refractivity contribution is 5.76. The number of hydrogen-bond donors (Lipinski definition) is 1. The van der Waals surface area contributed by atoms with Crippen molar-refractivity contribution < 1.29 is 4.79 Å². The van der Waals surface area contributed by atoms with Gasteiger partial charge in [0.15, 0.2) is 0 Å². The highest BCUT2D eigenvalue weighted by Crippen LogP contribution is 2.13. The Hall–Kier alpha value is -1.36. The number of likely N-dealkylation sites (tertiary alicyclic amines) is 1. The lowest BCUT2D eigenvalue weighted by Gasteiger charge is -2.29. The van der Waals surface area contributed by atoms with E-state index in [4.69, 9.17) is 0 Å². The Morgan fingerprint density at radius 2 is 2.50 bits per heavy atom. The molecule has 1 N–H and O–H groups in total. The molecule has 2 heterocycles. The lowest BCUT2D eigenvalue weighted by atomic mass is 9.99. The van der Waals surface area contributed by atoms with E-state index in [-0.39, 0.29) is 6.03 Å². The number of piperidine rings is 1. The number of aromatic nitrogens is 2. The molecule has 1 saturated heterocycles. The first-order valence-corrected chi connectivity index (χ1v) is 5.70. The first-order chi connectivity index (χ1) is 7.75. The molecule has 0 aliphatic carbocycles. The van der Waals surface area contributed by atoms with Crippen molar-refractivity contribution in [1.82, 2.24) is 19.8 Å². The van der Waals surface area contributed by atoms with E-state index < -0.39 is 0 Å². The molecule has 1 amide bonds. The standard InChI is InChI=1S/C11H18N4O/c1-14-5-2-3-10(8-14)7-13-11(16)15-6-4-12-9-15/h4,6,9-10H,2-3,5,7-8H2,1H3,(H,13,16). The Morgan fingerprint density at radius 3 is 3.19 bits per heavy atom. The SMILES string of the molecule is CN1CCCC(CNC(=O)n2ccnc2)C1. The third kappa shape index (κ3) is 2.82. The minimum Gasteiger partial charge on any atom is -0.337 e. The lowest BCUT2D eigenvalue weighted by Crippen LogP contribution is -2.40. The third-order valence-electron chi connectivity index (χ3n) is 3.00. The van der Waals surface area contributed by atoms with E-state index in [1.54, 1.807) is 12.4 Å². The predicted molar refractivity (Wildman–Crippen MR) is 61.2 cm³/mol. The summed E-state index contributed by atoms with van der Waals surface area (Å²) < 4.78 is 1.46. The van der Waals surface area contributed by atoms with Crippen LogP contribution in [0.25, 0.3) is 0 Å². The van der Waals surface area contributed by atoms with Crippen LogP contribution in [-0.4, -0.2) is 47.2 Å². The summed E-state index contributed by atoms with van der Waals surface area (Å²) in [6, 6.07) is -0.0919. The zero-order chi connectivity index (χ0) is 11.4. The van der Waals surface area contributed by atoms with E-state index in [0.717, 1.165) is 13.1 Å². The fourth-order valence-corrected chi connectivity index (χ4v) is 2.14. The minimum absolute atomic E-state index is 0.0919. The second kappa shape index (κ2) is 5.12. The highest BCUT2D eigenvalue weighted by Gasteiger charge is 2.17. The van der Waals surface area contributed by atoms with Gasteiger partial charge in [0.25, 0.3) is 0 Å². The Kier molecular flexibility index (Phi) is 3.56. The summed E-state index contributed by atoms with van der Waals surface area (Å²) in [6.07, 6.45) is 7.20. The normalized spacial score (nSPS) is 21.9. The maximum Gasteiger partial charge on any atom is 0.326 e. The molecule has 0 spiro atoms. The van der Waals surface area contributed by atoms with Crippen LogP contribution in [0.5, 0.6) is 0 Å². The van der Waals surface area contributed by atoms with Crippen molar-refractivity contribution in [2.45, 2.75) is 12.8 Å². The maximum atomic E-state index is 11.6. The fourth-order valence-electron chi connectivity index (χ4n) is 2.14. The molecule has 0 saturated carbocycles. The van der Waals surface area contributed by atoms with Crippen LogP contribution in [0, 0.1) is 5.92 Å². The number of carbonyl (C=O) groups excluding carboxylic acids is 1. The Bertz CT molecular complexity index is 336. The van der Waals surface area contributed by atoms with Gasteiger partial charge >= 0.3 is 6.03 Å². The number of nitrogens with one attached hydrogen (secondary N) is 1. The number of hydrogen-bond acceptors (Lipinski definition) is 3. The van der Waals surface area contributed by atoms with E-state index >= 15 is 0 Å². The van der Waals surface area contributed by atoms with Crippen molar-refractivity contribution in [3.8, 4) is 0 Å². The second-order valence-corrected chi connectivity index (χ2v) is 4.43. The van der Waals surface area contributed by atoms with E-state index in [1.165, 1.54) is 30.3 Å². The molecule has 0 radical (unpaired) electrons. The van der Waals surface area contributed by atoms with Gasteiger partial charge in [0.05, 0.1) is 0 Å². The summed E-state index contributed by atoms with van der Waals surface area (Å²) in [7, 11) is 2.13. The van der Waals surface area contributed by atoms with Crippen LogP contribution >= 0.6 is 0 Å². The largest absolute Gasteiger partial charge is 0.337 e. The van der Waals surface area contributed by atoms with Gasteiger partial charge in [-0.25, -0.2) is 9.78 Å². The molecule has 16 heavy (non-hydrogen) atoms. The second-order valence-electron chi connectivity index (χ2n) is 4.43. The van der Waals surface area contributed by atoms with Crippen LogP contribution in [0.1, 0.15) is 12.8 Å². The van der Waals surface area contributed by atoms with Gasteiger partial charge in [0, 0.05) is 25.5 Å². The molecule has 0 bridgehead atoms. The third-order valence-corrected chi connectivity index (χ3v) is 3.00. The van der Waals surface area contributed by atoms with E-state index in [1.807, 2.05) is 0 Å². The van der Waals surface area contributed by atoms with Crippen molar-refractivity contribution in [2.24, 2.45) is 5.92 Å². The first-order valence-electron chi connectivity index (χ1n) is 5.70. The summed E-state index contributed by atoms with van der Waals surface area (Å²) >= 11 is 0. The fraction of sp³-hybridized carbons (Fsp3) is 0.636. The Morgan fingerprint density at radius 1 is 1.62 bits per heavy atom. The zero-order valence-electron chi connectivity index (χ0n) is 9.59. The molecular weight excluding hydrogens is 204 g/mol. The van der Waals surface area contributed by atoms with Crippen LogP contribution in [0.4, 0.5) is 4.79 Å².